The van der Waals surface area contributed by atoms with Crippen molar-refractivity contribution in [2.24, 2.45) is 17.3 Å². The molecule has 0 saturated heterocycles. The summed E-state index contributed by atoms with van der Waals surface area (Å²) in [6.07, 6.45) is 7.07. The maximum absolute atomic E-state index is 4.37. The summed E-state index contributed by atoms with van der Waals surface area (Å²) in [6, 6.07) is 0. The predicted molar refractivity (Wildman–Crippen MR) is 77.0 cm³/mol. The molecule has 1 heterocycles. The first-order chi connectivity index (χ1) is 8.72. The average Bonchev–Trinajstić information content (AvgIpc) is 2.80. The Hall–Kier alpha value is -0.410. The summed E-state index contributed by atoms with van der Waals surface area (Å²) < 4.78 is 0. The lowest BCUT2D eigenvalue weighted by atomic mass is 9.78. The molecule has 1 aromatic rings. The van der Waals surface area contributed by atoms with Crippen molar-refractivity contribution >= 4 is 11.3 Å². The molecule has 0 radical (unpaired) electrons. The number of aryl methyl sites for hydroxylation is 2. The predicted octanol–water partition coefficient (Wildman–Crippen LogP) is 3.41. The summed E-state index contributed by atoms with van der Waals surface area (Å²) in [5, 5.41) is 3.60. The fourth-order valence-electron chi connectivity index (χ4n) is 3.78. The Bertz CT molecular complexity index is 402. The van der Waals surface area contributed by atoms with Crippen LogP contribution in [0.25, 0.3) is 0 Å². The summed E-state index contributed by atoms with van der Waals surface area (Å²) in [6.45, 7) is 6.71. The number of aromatic nitrogens is 1. The first-order valence-corrected chi connectivity index (χ1v) is 8.20. The molecule has 1 aromatic heterocycles. The molecule has 0 amide bonds. The lowest BCUT2D eigenvalue weighted by molar-refractivity contribution is 0.232. The van der Waals surface area contributed by atoms with E-state index in [0.717, 1.165) is 18.4 Å². The number of hydrogen-bond donors (Lipinski definition) is 1. The molecule has 3 rings (SSSR count). The molecule has 2 saturated carbocycles. The number of fused-ring (bicyclic) bond motifs is 1. The van der Waals surface area contributed by atoms with Gasteiger partial charge in [0, 0.05) is 11.4 Å². The molecule has 2 aliphatic carbocycles. The van der Waals surface area contributed by atoms with Gasteiger partial charge in [-0.25, -0.2) is 4.98 Å². The van der Waals surface area contributed by atoms with Crippen LogP contribution in [-0.4, -0.2) is 18.1 Å². The molecule has 0 spiro atoms. The van der Waals surface area contributed by atoms with E-state index < -0.39 is 0 Å². The number of nitrogens with one attached hydrogen (secondary N) is 1. The van der Waals surface area contributed by atoms with E-state index in [0.29, 0.717) is 5.41 Å². The molecule has 2 nitrogen and oxygen atoms in total. The van der Waals surface area contributed by atoms with Crippen LogP contribution < -0.4 is 5.32 Å². The van der Waals surface area contributed by atoms with Crippen LogP contribution in [0.3, 0.4) is 0 Å². The SMILES string of the molecule is CCNCC1(CCc2scnc2C)CC2CC2C1. The fraction of sp³-hybridized carbons (Fsp3) is 0.800. The van der Waals surface area contributed by atoms with Gasteiger partial charge < -0.3 is 5.32 Å². The van der Waals surface area contributed by atoms with Gasteiger partial charge in [0.05, 0.1) is 11.2 Å². The quantitative estimate of drug-likeness (QED) is 0.851. The molecule has 2 atom stereocenters. The molecular weight excluding hydrogens is 240 g/mol. The van der Waals surface area contributed by atoms with Gasteiger partial charge in [-0.3, -0.25) is 0 Å². The largest absolute Gasteiger partial charge is 0.316 e. The maximum atomic E-state index is 4.37. The minimum atomic E-state index is 0.597. The molecule has 0 aliphatic heterocycles. The standard InChI is InChI=1S/C15H24N2S/c1-3-16-9-15(7-12-6-13(12)8-15)5-4-14-11(2)17-10-18-14/h10,12-13,16H,3-9H2,1-2H3. The van der Waals surface area contributed by atoms with Crippen LogP contribution in [0.2, 0.25) is 0 Å². The average molecular weight is 264 g/mol. The van der Waals surface area contributed by atoms with Crippen molar-refractivity contribution < 1.29 is 0 Å². The van der Waals surface area contributed by atoms with Crippen LogP contribution in [0.1, 0.15) is 43.2 Å². The molecule has 0 aromatic carbocycles. The fourth-order valence-corrected chi connectivity index (χ4v) is 4.56. The lowest BCUT2D eigenvalue weighted by Gasteiger charge is -2.31. The van der Waals surface area contributed by atoms with Crippen LogP contribution in [0.15, 0.2) is 5.51 Å². The maximum Gasteiger partial charge on any atom is 0.0797 e. The zero-order valence-electron chi connectivity index (χ0n) is 11.5. The van der Waals surface area contributed by atoms with Gasteiger partial charge in [-0.2, -0.15) is 0 Å². The molecule has 0 bridgehead atoms. The monoisotopic (exact) mass is 264 g/mol. The van der Waals surface area contributed by atoms with E-state index in [1.54, 1.807) is 0 Å². The number of rotatable bonds is 6. The topological polar surface area (TPSA) is 24.9 Å². The highest BCUT2D eigenvalue weighted by Gasteiger charge is 2.52. The van der Waals surface area contributed by atoms with Crippen LogP contribution in [-0.2, 0) is 6.42 Å². The Kier molecular flexibility index (Phi) is 3.46. The Morgan fingerprint density at radius 2 is 2.22 bits per heavy atom. The van der Waals surface area contributed by atoms with Crippen molar-refractivity contribution in [3.63, 3.8) is 0 Å². The molecule has 2 aliphatic rings. The van der Waals surface area contributed by atoms with E-state index in [9.17, 15) is 0 Å². The zero-order valence-corrected chi connectivity index (χ0v) is 12.4. The Labute approximate surface area is 114 Å². The molecule has 2 unspecified atom stereocenters. The zero-order chi connectivity index (χ0) is 12.6. The van der Waals surface area contributed by atoms with Crippen LogP contribution in [0.4, 0.5) is 0 Å². The molecule has 18 heavy (non-hydrogen) atoms. The second-order valence-electron chi connectivity index (χ2n) is 6.31. The van der Waals surface area contributed by atoms with Crippen molar-refractivity contribution in [1.29, 1.82) is 0 Å². The van der Waals surface area contributed by atoms with E-state index >= 15 is 0 Å². The summed E-state index contributed by atoms with van der Waals surface area (Å²) >= 11 is 1.84. The second kappa shape index (κ2) is 4.93. The highest BCUT2D eigenvalue weighted by molar-refractivity contribution is 7.09. The first kappa shape index (κ1) is 12.6. The van der Waals surface area contributed by atoms with Crippen molar-refractivity contribution in [3.05, 3.63) is 16.1 Å². The summed E-state index contributed by atoms with van der Waals surface area (Å²) in [5.41, 5.74) is 3.84. The highest BCUT2D eigenvalue weighted by Crippen LogP contribution is 2.61. The van der Waals surface area contributed by atoms with Crippen LogP contribution in [0, 0.1) is 24.2 Å². The molecule has 1 N–H and O–H groups in total. The van der Waals surface area contributed by atoms with Crippen molar-refractivity contribution in [2.75, 3.05) is 13.1 Å². The second-order valence-corrected chi connectivity index (χ2v) is 7.24. The summed E-state index contributed by atoms with van der Waals surface area (Å²) in [4.78, 5) is 5.88. The van der Waals surface area contributed by atoms with Gasteiger partial charge in [-0.1, -0.05) is 6.92 Å². The van der Waals surface area contributed by atoms with Gasteiger partial charge in [0.15, 0.2) is 0 Å². The number of thiazole rings is 1. The highest BCUT2D eigenvalue weighted by atomic mass is 32.1. The third kappa shape index (κ3) is 2.48. The van der Waals surface area contributed by atoms with E-state index in [4.69, 9.17) is 0 Å². The Morgan fingerprint density at radius 1 is 1.44 bits per heavy atom. The summed E-state index contributed by atoms with van der Waals surface area (Å²) in [5.74, 6) is 2.15. The van der Waals surface area contributed by atoms with Gasteiger partial charge in [-0.15, -0.1) is 11.3 Å². The minimum absolute atomic E-state index is 0.597. The van der Waals surface area contributed by atoms with Gasteiger partial charge >= 0.3 is 0 Å². The van der Waals surface area contributed by atoms with Crippen LogP contribution >= 0.6 is 11.3 Å². The van der Waals surface area contributed by atoms with E-state index in [1.165, 1.54) is 49.2 Å². The van der Waals surface area contributed by atoms with Gasteiger partial charge in [-0.05, 0) is 62.8 Å². The van der Waals surface area contributed by atoms with E-state index in [2.05, 4.69) is 24.1 Å². The van der Waals surface area contributed by atoms with Crippen molar-refractivity contribution in [3.8, 4) is 0 Å². The molecule has 100 valence electrons. The molecule has 3 heteroatoms. The van der Waals surface area contributed by atoms with Crippen molar-refractivity contribution in [1.82, 2.24) is 10.3 Å². The first-order valence-electron chi connectivity index (χ1n) is 7.32. The molecular formula is C15H24N2S. The number of hydrogen-bond acceptors (Lipinski definition) is 3. The van der Waals surface area contributed by atoms with E-state index in [1.807, 2.05) is 16.8 Å². The Balaban J connectivity index is 1.61. The van der Waals surface area contributed by atoms with Crippen LogP contribution in [0.5, 0.6) is 0 Å². The van der Waals surface area contributed by atoms with E-state index in [-0.39, 0.29) is 0 Å². The normalized spacial score (nSPS) is 33.7. The lowest BCUT2D eigenvalue weighted by Crippen LogP contribution is -2.33. The smallest absolute Gasteiger partial charge is 0.0797 e. The Morgan fingerprint density at radius 3 is 2.83 bits per heavy atom. The third-order valence-corrected chi connectivity index (χ3v) is 5.93. The van der Waals surface area contributed by atoms with Crippen molar-refractivity contribution in [2.45, 2.75) is 46.0 Å². The summed E-state index contributed by atoms with van der Waals surface area (Å²) in [7, 11) is 0. The van der Waals surface area contributed by atoms with Gasteiger partial charge in [0.2, 0.25) is 0 Å². The third-order valence-electron chi connectivity index (χ3n) is 4.94. The van der Waals surface area contributed by atoms with Gasteiger partial charge in [0.25, 0.3) is 0 Å². The minimum Gasteiger partial charge on any atom is -0.316 e. The molecule has 2 fully saturated rings. The number of nitrogens with zero attached hydrogens (tertiary/aromatic N) is 1. The van der Waals surface area contributed by atoms with Gasteiger partial charge in [0.1, 0.15) is 0 Å².